The maximum atomic E-state index is 12.4. The Labute approximate surface area is 110 Å². The Morgan fingerprint density at radius 3 is 3.11 bits per heavy atom. The minimum atomic E-state index is 0.109. The monoisotopic (exact) mass is 260 g/mol. The Hall–Kier alpha value is -1.39. The molecule has 2 aromatic rings. The summed E-state index contributed by atoms with van der Waals surface area (Å²) in [5.74, 6) is 0.109. The minimum Gasteiger partial charge on any atom is -0.337 e. The third kappa shape index (κ3) is 2.13. The lowest BCUT2D eigenvalue weighted by Crippen LogP contribution is -2.45. The van der Waals surface area contributed by atoms with Crippen LogP contribution in [0, 0.1) is 0 Å². The van der Waals surface area contributed by atoms with Gasteiger partial charge in [-0.3, -0.25) is 4.79 Å². The molecule has 4 heteroatoms. The smallest absolute Gasteiger partial charge is 0.253 e. The van der Waals surface area contributed by atoms with Gasteiger partial charge in [-0.1, -0.05) is 0 Å². The van der Waals surface area contributed by atoms with Crippen molar-refractivity contribution in [2.75, 3.05) is 13.1 Å². The van der Waals surface area contributed by atoms with Crippen LogP contribution in [0.15, 0.2) is 29.6 Å². The quantitative estimate of drug-likeness (QED) is 0.856. The van der Waals surface area contributed by atoms with Gasteiger partial charge in [0.2, 0.25) is 0 Å². The summed E-state index contributed by atoms with van der Waals surface area (Å²) in [6.45, 7) is 1.51. The summed E-state index contributed by atoms with van der Waals surface area (Å²) in [7, 11) is 0. The molecule has 1 fully saturated rings. The van der Waals surface area contributed by atoms with E-state index >= 15 is 0 Å². The fourth-order valence-corrected chi connectivity index (χ4v) is 3.25. The van der Waals surface area contributed by atoms with Crippen LogP contribution in [-0.4, -0.2) is 29.9 Å². The zero-order chi connectivity index (χ0) is 12.5. The molecule has 18 heavy (non-hydrogen) atoms. The Morgan fingerprint density at radius 2 is 2.28 bits per heavy atom. The zero-order valence-corrected chi connectivity index (χ0v) is 11.0. The summed E-state index contributed by atoms with van der Waals surface area (Å²) in [4.78, 5) is 14.3. The molecule has 2 N–H and O–H groups in total. The summed E-state index contributed by atoms with van der Waals surface area (Å²) < 4.78 is 1.22. The summed E-state index contributed by atoms with van der Waals surface area (Å²) in [6.07, 6.45) is 2.03. The number of piperidine rings is 1. The average molecular weight is 260 g/mol. The molecule has 1 aliphatic heterocycles. The highest BCUT2D eigenvalue weighted by molar-refractivity contribution is 7.17. The lowest BCUT2D eigenvalue weighted by molar-refractivity contribution is 0.0709. The number of nitrogens with two attached hydrogens (primary N) is 1. The Kier molecular flexibility index (Phi) is 3.06. The number of benzene rings is 1. The molecule has 1 saturated heterocycles. The van der Waals surface area contributed by atoms with E-state index in [0.717, 1.165) is 30.3 Å². The molecule has 1 amide bonds. The summed E-state index contributed by atoms with van der Waals surface area (Å²) >= 11 is 1.70. The van der Waals surface area contributed by atoms with E-state index in [2.05, 4.69) is 11.4 Å². The number of thiophene rings is 1. The van der Waals surface area contributed by atoms with Crippen molar-refractivity contribution >= 4 is 27.3 Å². The molecule has 0 bridgehead atoms. The molecule has 1 atom stereocenters. The van der Waals surface area contributed by atoms with Crippen molar-refractivity contribution < 1.29 is 4.79 Å². The molecule has 0 spiro atoms. The van der Waals surface area contributed by atoms with Crippen LogP contribution in [0.3, 0.4) is 0 Å². The second-order valence-electron chi connectivity index (χ2n) is 4.83. The fraction of sp³-hybridized carbons (Fsp3) is 0.357. The molecule has 94 valence electrons. The number of nitrogens with zero attached hydrogens (tertiary/aromatic N) is 1. The van der Waals surface area contributed by atoms with Crippen molar-refractivity contribution in [1.29, 1.82) is 0 Å². The minimum absolute atomic E-state index is 0.109. The van der Waals surface area contributed by atoms with Gasteiger partial charge in [0.15, 0.2) is 0 Å². The van der Waals surface area contributed by atoms with E-state index < -0.39 is 0 Å². The Bertz CT molecular complexity index is 578. The predicted molar refractivity (Wildman–Crippen MR) is 74.9 cm³/mol. The molecule has 3 rings (SSSR count). The molecular formula is C14H16N2OS. The number of carbonyl (C=O) groups is 1. The molecule has 1 aromatic heterocycles. The lowest BCUT2D eigenvalue weighted by Gasteiger charge is -2.30. The van der Waals surface area contributed by atoms with E-state index in [4.69, 9.17) is 5.73 Å². The molecule has 3 nitrogen and oxygen atoms in total. The number of hydrogen-bond acceptors (Lipinski definition) is 3. The van der Waals surface area contributed by atoms with Crippen LogP contribution in [0.4, 0.5) is 0 Å². The molecule has 0 radical (unpaired) electrons. The normalized spacial score (nSPS) is 20.3. The standard InChI is InChI=1S/C14H16N2OS/c15-12-2-1-6-16(9-12)14(17)11-3-4-13-10(8-11)5-7-18-13/h3-5,7-8,12H,1-2,6,9,15H2. The number of rotatable bonds is 1. The predicted octanol–water partition coefficient (Wildman–Crippen LogP) is 2.46. The van der Waals surface area contributed by atoms with Gasteiger partial charge in [-0.15, -0.1) is 11.3 Å². The first kappa shape index (κ1) is 11.7. The van der Waals surface area contributed by atoms with E-state index in [0.29, 0.717) is 6.54 Å². The van der Waals surface area contributed by atoms with E-state index in [9.17, 15) is 4.79 Å². The van der Waals surface area contributed by atoms with Crippen LogP contribution < -0.4 is 5.73 Å². The second-order valence-corrected chi connectivity index (χ2v) is 5.77. The number of carbonyl (C=O) groups excluding carboxylic acids is 1. The number of fused-ring (bicyclic) bond motifs is 1. The number of likely N-dealkylation sites (tertiary alicyclic amines) is 1. The molecule has 0 saturated carbocycles. The van der Waals surface area contributed by atoms with Crippen molar-refractivity contribution in [2.45, 2.75) is 18.9 Å². The van der Waals surface area contributed by atoms with Gasteiger partial charge in [0.1, 0.15) is 0 Å². The highest BCUT2D eigenvalue weighted by Gasteiger charge is 2.22. The Morgan fingerprint density at radius 1 is 1.39 bits per heavy atom. The van der Waals surface area contributed by atoms with E-state index in [-0.39, 0.29) is 11.9 Å². The van der Waals surface area contributed by atoms with Crippen molar-refractivity contribution in [3.63, 3.8) is 0 Å². The molecule has 1 aromatic carbocycles. The lowest BCUT2D eigenvalue weighted by atomic mass is 10.0. The van der Waals surface area contributed by atoms with Crippen molar-refractivity contribution in [1.82, 2.24) is 4.90 Å². The molecule has 1 unspecified atom stereocenters. The largest absolute Gasteiger partial charge is 0.337 e. The summed E-state index contributed by atoms with van der Waals surface area (Å²) in [5, 5.41) is 3.20. The second kappa shape index (κ2) is 4.71. The molecule has 1 aliphatic rings. The zero-order valence-electron chi connectivity index (χ0n) is 10.1. The number of hydrogen-bond donors (Lipinski definition) is 1. The first-order valence-electron chi connectivity index (χ1n) is 6.26. The Balaban J connectivity index is 1.86. The molecular weight excluding hydrogens is 244 g/mol. The average Bonchev–Trinajstić information content (AvgIpc) is 2.85. The highest BCUT2D eigenvalue weighted by atomic mass is 32.1. The van der Waals surface area contributed by atoms with Gasteiger partial charge < -0.3 is 10.6 Å². The van der Waals surface area contributed by atoms with Crippen molar-refractivity contribution in [3.05, 3.63) is 35.2 Å². The summed E-state index contributed by atoms with van der Waals surface area (Å²) in [5.41, 5.74) is 6.70. The van der Waals surface area contributed by atoms with Crippen LogP contribution in [0.25, 0.3) is 10.1 Å². The van der Waals surface area contributed by atoms with Gasteiger partial charge in [-0.25, -0.2) is 0 Å². The van der Waals surface area contributed by atoms with Crippen molar-refractivity contribution in [2.24, 2.45) is 5.73 Å². The van der Waals surface area contributed by atoms with Crippen LogP contribution in [0.2, 0.25) is 0 Å². The van der Waals surface area contributed by atoms with Gasteiger partial charge in [0.05, 0.1) is 0 Å². The van der Waals surface area contributed by atoms with Crippen LogP contribution in [-0.2, 0) is 0 Å². The van der Waals surface area contributed by atoms with Gasteiger partial charge in [0.25, 0.3) is 5.91 Å². The number of amides is 1. The van der Waals surface area contributed by atoms with E-state index in [1.807, 2.05) is 23.1 Å². The summed E-state index contributed by atoms with van der Waals surface area (Å²) in [6, 6.07) is 8.11. The highest BCUT2D eigenvalue weighted by Crippen LogP contribution is 2.23. The van der Waals surface area contributed by atoms with Gasteiger partial charge in [0, 0.05) is 29.4 Å². The molecule has 0 aliphatic carbocycles. The topological polar surface area (TPSA) is 46.3 Å². The van der Waals surface area contributed by atoms with E-state index in [1.165, 1.54) is 4.70 Å². The van der Waals surface area contributed by atoms with Crippen LogP contribution >= 0.6 is 11.3 Å². The first-order chi connectivity index (χ1) is 8.74. The van der Waals surface area contributed by atoms with Crippen molar-refractivity contribution in [3.8, 4) is 0 Å². The SMILES string of the molecule is NC1CCCN(C(=O)c2ccc3sccc3c2)C1. The van der Waals surface area contributed by atoms with E-state index in [1.54, 1.807) is 11.3 Å². The van der Waals surface area contributed by atoms with Crippen LogP contribution in [0.1, 0.15) is 23.2 Å². The first-order valence-corrected chi connectivity index (χ1v) is 7.14. The van der Waals surface area contributed by atoms with Crippen LogP contribution in [0.5, 0.6) is 0 Å². The van der Waals surface area contributed by atoms with Gasteiger partial charge >= 0.3 is 0 Å². The molecule has 2 heterocycles. The maximum Gasteiger partial charge on any atom is 0.253 e. The third-order valence-electron chi connectivity index (χ3n) is 3.44. The fourth-order valence-electron chi connectivity index (χ4n) is 2.48. The third-order valence-corrected chi connectivity index (χ3v) is 4.34. The van der Waals surface area contributed by atoms with Gasteiger partial charge in [-0.2, -0.15) is 0 Å². The van der Waals surface area contributed by atoms with Gasteiger partial charge in [-0.05, 0) is 47.9 Å². The maximum absolute atomic E-state index is 12.4.